The van der Waals surface area contributed by atoms with E-state index in [-0.39, 0.29) is 11.5 Å². The molecule has 2 fully saturated rings. The molecule has 0 unspecified atom stereocenters. The van der Waals surface area contributed by atoms with Gasteiger partial charge in [0.05, 0.1) is 0 Å². The van der Waals surface area contributed by atoms with Crippen LogP contribution in [0.4, 0.5) is 0 Å². The Morgan fingerprint density at radius 3 is 2.86 bits per heavy atom. The van der Waals surface area contributed by atoms with Crippen molar-refractivity contribution in [1.29, 1.82) is 0 Å². The third kappa shape index (κ3) is 1.82. The Labute approximate surface area is 132 Å². The Bertz CT molecular complexity index is 620. The van der Waals surface area contributed by atoms with Crippen LogP contribution in [0.1, 0.15) is 74.2 Å². The van der Waals surface area contributed by atoms with Crippen molar-refractivity contribution in [2.45, 2.75) is 58.3 Å². The highest BCUT2D eigenvalue weighted by atomic mass is 16.3. The van der Waals surface area contributed by atoms with Crippen LogP contribution in [0.5, 0.6) is 5.75 Å². The van der Waals surface area contributed by atoms with E-state index in [1.54, 1.807) is 12.1 Å². The number of ketones is 1. The van der Waals surface area contributed by atoms with E-state index in [9.17, 15) is 9.90 Å². The molecule has 0 saturated heterocycles. The van der Waals surface area contributed by atoms with Gasteiger partial charge in [0.1, 0.15) is 5.75 Å². The molecule has 0 amide bonds. The average molecular weight is 298 g/mol. The second-order valence-electron chi connectivity index (χ2n) is 8.00. The first-order chi connectivity index (χ1) is 10.5. The molecule has 1 N–H and O–H groups in total. The van der Waals surface area contributed by atoms with E-state index in [1.807, 2.05) is 6.07 Å². The van der Waals surface area contributed by atoms with Gasteiger partial charge in [0.25, 0.3) is 0 Å². The fourth-order valence-corrected chi connectivity index (χ4v) is 6.17. The SMILES string of the molecule is CC[C@H]1CC[C@H]2[C@@H]3CC(=O)c4cc(O)ccc4[C@H]3CC[C@]12C. The van der Waals surface area contributed by atoms with Crippen LogP contribution in [-0.2, 0) is 0 Å². The second-order valence-corrected chi connectivity index (χ2v) is 8.00. The van der Waals surface area contributed by atoms with Gasteiger partial charge in [0.15, 0.2) is 5.78 Å². The molecular formula is C20H26O2. The van der Waals surface area contributed by atoms with Gasteiger partial charge < -0.3 is 5.11 Å². The number of carbonyl (C=O) groups is 1. The van der Waals surface area contributed by atoms with Gasteiger partial charge >= 0.3 is 0 Å². The number of rotatable bonds is 1. The largest absolute Gasteiger partial charge is 0.508 e. The quantitative estimate of drug-likeness (QED) is 0.799. The zero-order valence-corrected chi connectivity index (χ0v) is 13.6. The second kappa shape index (κ2) is 4.84. The van der Waals surface area contributed by atoms with Crippen molar-refractivity contribution in [3.8, 4) is 5.75 Å². The Hall–Kier alpha value is -1.31. The summed E-state index contributed by atoms with van der Waals surface area (Å²) < 4.78 is 0. The van der Waals surface area contributed by atoms with Crippen LogP contribution in [0.3, 0.4) is 0 Å². The number of Topliss-reactive ketones (excluding diaryl/α,β-unsaturated/α-hetero) is 1. The monoisotopic (exact) mass is 298 g/mol. The lowest BCUT2D eigenvalue weighted by atomic mass is 9.54. The summed E-state index contributed by atoms with van der Waals surface area (Å²) in [6.45, 7) is 4.82. The van der Waals surface area contributed by atoms with E-state index in [1.165, 1.54) is 37.7 Å². The van der Waals surface area contributed by atoms with Crippen molar-refractivity contribution in [3.63, 3.8) is 0 Å². The van der Waals surface area contributed by atoms with Gasteiger partial charge in [0.2, 0.25) is 0 Å². The van der Waals surface area contributed by atoms with Gasteiger partial charge in [-0.05, 0) is 72.5 Å². The number of aromatic hydroxyl groups is 1. The Kier molecular flexibility index (Phi) is 3.15. The van der Waals surface area contributed by atoms with Crippen LogP contribution in [0.15, 0.2) is 18.2 Å². The van der Waals surface area contributed by atoms with E-state index in [0.717, 1.165) is 11.5 Å². The molecule has 0 radical (unpaired) electrons. The molecule has 4 rings (SSSR count). The van der Waals surface area contributed by atoms with Crippen LogP contribution in [0.2, 0.25) is 0 Å². The molecule has 0 aliphatic heterocycles. The lowest BCUT2D eigenvalue weighted by Crippen LogP contribution is -2.43. The number of hydrogen-bond acceptors (Lipinski definition) is 2. The number of benzene rings is 1. The third-order valence-corrected chi connectivity index (χ3v) is 7.28. The molecule has 5 atom stereocenters. The van der Waals surface area contributed by atoms with Gasteiger partial charge in [-0.1, -0.05) is 26.3 Å². The van der Waals surface area contributed by atoms with E-state index in [0.29, 0.717) is 29.6 Å². The minimum atomic E-state index is 0.220. The van der Waals surface area contributed by atoms with E-state index in [4.69, 9.17) is 0 Å². The van der Waals surface area contributed by atoms with Crippen molar-refractivity contribution in [2.75, 3.05) is 0 Å². The predicted octanol–water partition coefficient (Wildman–Crippen LogP) is 4.91. The first kappa shape index (κ1) is 14.3. The summed E-state index contributed by atoms with van der Waals surface area (Å²) in [5, 5.41) is 9.71. The number of phenolic OH excluding ortho intramolecular Hbond substituents is 1. The summed E-state index contributed by atoms with van der Waals surface area (Å²) in [6.07, 6.45) is 7.13. The number of phenols is 1. The van der Waals surface area contributed by atoms with E-state index < -0.39 is 0 Å². The maximum Gasteiger partial charge on any atom is 0.163 e. The molecule has 118 valence electrons. The Morgan fingerprint density at radius 2 is 2.09 bits per heavy atom. The zero-order chi connectivity index (χ0) is 15.5. The summed E-state index contributed by atoms with van der Waals surface area (Å²) >= 11 is 0. The Balaban J connectivity index is 1.74. The molecule has 2 heteroatoms. The van der Waals surface area contributed by atoms with Crippen LogP contribution in [-0.4, -0.2) is 10.9 Å². The topological polar surface area (TPSA) is 37.3 Å². The van der Waals surface area contributed by atoms with Gasteiger partial charge in [0, 0.05) is 12.0 Å². The standard InChI is InChI=1S/C20H26O2/c1-3-12-4-7-18-16-11-19(22)17-10-13(21)5-6-14(17)15(16)8-9-20(12,18)2/h5-6,10,12,15-16,18,21H,3-4,7-9,11H2,1-2H3/t12-,15+,16+,18-,20+/m0/s1. The summed E-state index contributed by atoms with van der Waals surface area (Å²) in [7, 11) is 0. The summed E-state index contributed by atoms with van der Waals surface area (Å²) in [4.78, 5) is 12.6. The van der Waals surface area contributed by atoms with Crippen LogP contribution >= 0.6 is 0 Å². The minimum Gasteiger partial charge on any atom is -0.508 e. The maximum absolute atomic E-state index is 12.6. The Morgan fingerprint density at radius 1 is 1.27 bits per heavy atom. The van der Waals surface area contributed by atoms with Gasteiger partial charge in [-0.2, -0.15) is 0 Å². The molecule has 3 aliphatic carbocycles. The van der Waals surface area contributed by atoms with E-state index >= 15 is 0 Å². The van der Waals surface area contributed by atoms with Crippen LogP contribution in [0.25, 0.3) is 0 Å². The van der Waals surface area contributed by atoms with Crippen molar-refractivity contribution in [1.82, 2.24) is 0 Å². The zero-order valence-electron chi connectivity index (χ0n) is 13.6. The molecule has 0 heterocycles. The molecular weight excluding hydrogens is 272 g/mol. The maximum atomic E-state index is 12.6. The van der Waals surface area contributed by atoms with Crippen LogP contribution in [0, 0.1) is 23.2 Å². The first-order valence-corrected chi connectivity index (χ1v) is 8.90. The van der Waals surface area contributed by atoms with Crippen LogP contribution < -0.4 is 0 Å². The number of fused-ring (bicyclic) bond motifs is 5. The van der Waals surface area contributed by atoms with E-state index in [2.05, 4.69) is 13.8 Å². The van der Waals surface area contributed by atoms with Crippen molar-refractivity contribution in [2.24, 2.45) is 23.2 Å². The molecule has 0 bridgehead atoms. The predicted molar refractivity (Wildman–Crippen MR) is 87.1 cm³/mol. The molecule has 0 spiro atoms. The van der Waals surface area contributed by atoms with Gasteiger partial charge in [-0.25, -0.2) is 0 Å². The molecule has 22 heavy (non-hydrogen) atoms. The average Bonchev–Trinajstić information content (AvgIpc) is 2.84. The molecule has 1 aromatic carbocycles. The normalized spacial score (nSPS) is 40.0. The van der Waals surface area contributed by atoms with Crippen molar-refractivity contribution >= 4 is 5.78 Å². The molecule has 2 nitrogen and oxygen atoms in total. The minimum absolute atomic E-state index is 0.220. The fourth-order valence-electron chi connectivity index (χ4n) is 6.17. The van der Waals surface area contributed by atoms with Gasteiger partial charge in [-0.15, -0.1) is 0 Å². The first-order valence-electron chi connectivity index (χ1n) is 8.90. The number of carbonyl (C=O) groups excluding carboxylic acids is 1. The highest BCUT2D eigenvalue weighted by Crippen LogP contribution is 2.63. The summed E-state index contributed by atoms with van der Waals surface area (Å²) in [6, 6.07) is 5.45. The molecule has 0 aromatic heterocycles. The lowest BCUT2D eigenvalue weighted by Gasteiger charge is -2.50. The highest BCUT2D eigenvalue weighted by molar-refractivity contribution is 5.99. The van der Waals surface area contributed by atoms with Crippen molar-refractivity contribution in [3.05, 3.63) is 29.3 Å². The van der Waals surface area contributed by atoms with Gasteiger partial charge in [-0.3, -0.25) is 4.79 Å². The summed E-state index contributed by atoms with van der Waals surface area (Å²) in [5.41, 5.74) is 2.45. The number of hydrogen-bond donors (Lipinski definition) is 1. The summed E-state index contributed by atoms with van der Waals surface area (Å²) in [5.74, 6) is 3.08. The molecule has 2 saturated carbocycles. The fraction of sp³-hybridized carbons (Fsp3) is 0.650. The third-order valence-electron chi connectivity index (χ3n) is 7.28. The molecule has 3 aliphatic rings. The lowest BCUT2D eigenvalue weighted by molar-refractivity contribution is 0.0270. The molecule has 1 aromatic rings. The highest BCUT2D eigenvalue weighted by Gasteiger charge is 2.54. The smallest absolute Gasteiger partial charge is 0.163 e. The van der Waals surface area contributed by atoms with Crippen molar-refractivity contribution < 1.29 is 9.90 Å².